The Bertz CT molecular complexity index is 999. The second kappa shape index (κ2) is 7.15. The Morgan fingerprint density at radius 1 is 1.26 bits per heavy atom. The number of rotatable bonds is 4. The summed E-state index contributed by atoms with van der Waals surface area (Å²) in [6, 6.07) is 4.83. The first-order valence-corrected chi connectivity index (χ1v) is 8.88. The quantitative estimate of drug-likeness (QED) is 0.605. The Hall–Kier alpha value is -2.68. The van der Waals surface area contributed by atoms with Crippen LogP contribution in [0.4, 0.5) is 24.7 Å². The molecule has 3 aromatic rings. The molecule has 0 unspecified atom stereocenters. The minimum absolute atomic E-state index is 0.238. The van der Waals surface area contributed by atoms with Crippen molar-refractivity contribution in [3.05, 3.63) is 46.6 Å². The molecule has 0 radical (unpaired) electrons. The number of halogens is 3. The largest absolute Gasteiger partial charge is 0.459 e. The van der Waals surface area contributed by atoms with Crippen LogP contribution in [0.1, 0.15) is 34.6 Å². The summed E-state index contributed by atoms with van der Waals surface area (Å²) in [5, 5.41) is 3.48. The van der Waals surface area contributed by atoms with E-state index >= 15 is 0 Å². The Labute approximate surface area is 157 Å². The van der Waals surface area contributed by atoms with E-state index in [1.807, 2.05) is 0 Å². The topological polar surface area (TPSA) is 64.1 Å². The second-order valence-electron chi connectivity index (χ2n) is 6.12. The number of ether oxygens (including phenoxy) is 1. The molecule has 0 saturated heterocycles. The molecule has 0 fully saturated rings. The highest BCUT2D eigenvalue weighted by Gasteiger charge is 2.30. The van der Waals surface area contributed by atoms with Gasteiger partial charge in [0.25, 0.3) is 0 Å². The number of thiophene rings is 1. The van der Waals surface area contributed by atoms with Gasteiger partial charge in [0.15, 0.2) is 0 Å². The van der Waals surface area contributed by atoms with Gasteiger partial charge < -0.3 is 10.1 Å². The lowest BCUT2D eigenvalue weighted by atomic mass is 10.1. The van der Waals surface area contributed by atoms with Crippen LogP contribution in [0.3, 0.4) is 0 Å². The van der Waals surface area contributed by atoms with Crippen molar-refractivity contribution in [2.75, 3.05) is 5.32 Å². The van der Waals surface area contributed by atoms with Crippen molar-refractivity contribution in [2.45, 2.75) is 33.1 Å². The molecule has 2 heterocycles. The van der Waals surface area contributed by atoms with E-state index in [1.165, 1.54) is 18.5 Å². The number of aromatic nitrogens is 2. The van der Waals surface area contributed by atoms with Crippen LogP contribution in [0, 0.1) is 6.92 Å². The minimum Gasteiger partial charge on any atom is -0.459 e. The van der Waals surface area contributed by atoms with Gasteiger partial charge in [-0.1, -0.05) is 6.07 Å². The molecule has 142 valence electrons. The first-order chi connectivity index (χ1) is 12.7. The van der Waals surface area contributed by atoms with Gasteiger partial charge in [0.05, 0.1) is 17.1 Å². The maximum atomic E-state index is 12.9. The van der Waals surface area contributed by atoms with Crippen molar-refractivity contribution in [1.29, 1.82) is 0 Å². The van der Waals surface area contributed by atoms with Crippen LogP contribution in [-0.2, 0) is 10.9 Å². The van der Waals surface area contributed by atoms with Gasteiger partial charge >= 0.3 is 12.1 Å². The van der Waals surface area contributed by atoms with E-state index in [9.17, 15) is 18.0 Å². The fourth-order valence-electron chi connectivity index (χ4n) is 2.54. The molecule has 0 amide bonds. The molecule has 0 spiro atoms. The second-order valence-corrected chi connectivity index (χ2v) is 7.12. The smallest absolute Gasteiger partial charge is 0.416 e. The van der Waals surface area contributed by atoms with Crippen molar-refractivity contribution in [2.24, 2.45) is 0 Å². The summed E-state index contributed by atoms with van der Waals surface area (Å²) in [5.41, 5.74) is 0.0958. The summed E-state index contributed by atoms with van der Waals surface area (Å²) in [5.74, 6) is -0.132. The maximum Gasteiger partial charge on any atom is 0.416 e. The Morgan fingerprint density at radius 2 is 2.00 bits per heavy atom. The molecule has 0 atom stereocenters. The summed E-state index contributed by atoms with van der Waals surface area (Å²) in [6.45, 7) is 5.23. The summed E-state index contributed by atoms with van der Waals surface area (Å²) in [4.78, 5) is 21.5. The van der Waals surface area contributed by atoms with Crippen LogP contribution >= 0.6 is 11.3 Å². The van der Waals surface area contributed by atoms with E-state index in [0.29, 0.717) is 26.5 Å². The number of hydrogen-bond acceptors (Lipinski definition) is 6. The summed E-state index contributed by atoms with van der Waals surface area (Å²) in [6.07, 6.45) is -3.41. The highest BCUT2D eigenvalue weighted by molar-refractivity contribution is 7.20. The molecule has 1 aromatic carbocycles. The maximum absolute atomic E-state index is 12.9. The molecule has 9 heteroatoms. The van der Waals surface area contributed by atoms with Gasteiger partial charge in [0, 0.05) is 5.69 Å². The number of carbonyl (C=O) groups is 1. The molecular formula is C18H16F3N3O2S. The number of carbonyl (C=O) groups excluding carboxylic acids is 1. The number of alkyl halides is 3. The van der Waals surface area contributed by atoms with Crippen molar-refractivity contribution in [1.82, 2.24) is 9.97 Å². The zero-order valence-corrected chi connectivity index (χ0v) is 15.5. The number of esters is 1. The van der Waals surface area contributed by atoms with Crippen molar-refractivity contribution in [3.8, 4) is 0 Å². The van der Waals surface area contributed by atoms with E-state index in [2.05, 4.69) is 15.3 Å². The number of nitrogens with zero attached hydrogens (tertiary/aromatic N) is 2. The van der Waals surface area contributed by atoms with Gasteiger partial charge in [-0.25, -0.2) is 14.8 Å². The van der Waals surface area contributed by atoms with Gasteiger partial charge in [-0.15, -0.1) is 11.3 Å². The molecule has 0 aliphatic heterocycles. The molecule has 2 aromatic heterocycles. The van der Waals surface area contributed by atoms with Gasteiger partial charge in [-0.2, -0.15) is 13.2 Å². The SMILES string of the molecule is Cc1c(C(=O)OC(C)C)sc2ncnc(Nc3cccc(C(F)(F)F)c3)c12. The lowest BCUT2D eigenvalue weighted by Crippen LogP contribution is -2.11. The normalized spacial score (nSPS) is 11.8. The number of nitrogens with one attached hydrogen (secondary N) is 1. The predicted octanol–water partition coefficient (Wildman–Crippen LogP) is 5.33. The van der Waals surface area contributed by atoms with Crippen molar-refractivity contribution in [3.63, 3.8) is 0 Å². The Balaban J connectivity index is 2.01. The molecule has 1 N–H and O–H groups in total. The molecule has 5 nitrogen and oxygen atoms in total. The van der Waals surface area contributed by atoms with Gasteiger partial charge in [-0.05, 0) is 44.5 Å². The minimum atomic E-state index is -4.44. The third kappa shape index (κ3) is 4.02. The third-order valence-electron chi connectivity index (χ3n) is 3.71. The van der Waals surface area contributed by atoms with Crippen LogP contribution in [0.5, 0.6) is 0 Å². The number of anilines is 2. The van der Waals surface area contributed by atoms with Crippen LogP contribution in [0.15, 0.2) is 30.6 Å². The van der Waals surface area contributed by atoms with E-state index in [1.54, 1.807) is 20.8 Å². The van der Waals surface area contributed by atoms with Gasteiger partial charge in [0.2, 0.25) is 0 Å². The molecular weight excluding hydrogens is 379 g/mol. The summed E-state index contributed by atoms with van der Waals surface area (Å²) >= 11 is 1.16. The average Bonchev–Trinajstić information content (AvgIpc) is 2.92. The predicted molar refractivity (Wildman–Crippen MR) is 97.4 cm³/mol. The van der Waals surface area contributed by atoms with E-state index in [4.69, 9.17) is 4.74 Å². The lowest BCUT2D eigenvalue weighted by Gasteiger charge is -2.11. The molecule has 0 bridgehead atoms. The molecule has 0 saturated carbocycles. The first kappa shape index (κ1) is 19.1. The fraction of sp³-hybridized carbons (Fsp3) is 0.278. The van der Waals surface area contributed by atoms with Gasteiger partial charge in [-0.3, -0.25) is 0 Å². The average molecular weight is 395 g/mol. The highest BCUT2D eigenvalue weighted by atomic mass is 32.1. The van der Waals surface area contributed by atoms with Crippen molar-refractivity contribution < 1.29 is 22.7 Å². The third-order valence-corrected chi connectivity index (χ3v) is 4.89. The van der Waals surface area contributed by atoms with E-state index in [0.717, 1.165) is 23.5 Å². The lowest BCUT2D eigenvalue weighted by molar-refractivity contribution is -0.137. The summed E-state index contributed by atoms with van der Waals surface area (Å²) in [7, 11) is 0. The number of benzene rings is 1. The monoisotopic (exact) mass is 395 g/mol. The highest BCUT2D eigenvalue weighted by Crippen LogP contribution is 2.36. The van der Waals surface area contributed by atoms with E-state index < -0.39 is 17.7 Å². The van der Waals surface area contributed by atoms with Crippen LogP contribution in [0.2, 0.25) is 0 Å². The molecule has 27 heavy (non-hydrogen) atoms. The Kier molecular flexibility index (Phi) is 5.05. The van der Waals surface area contributed by atoms with Crippen LogP contribution in [0.25, 0.3) is 10.2 Å². The number of fused-ring (bicyclic) bond motifs is 1. The first-order valence-electron chi connectivity index (χ1n) is 8.06. The zero-order chi connectivity index (χ0) is 19.8. The summed E-state index contributed by atoms with van der Waals surface area (Å²) < 4.78 is 44.0. The zero-order valence-electron chi connectivity index (χ0n) is 14.7. The molecule has 3 rings (SSSR count). The van der Waals surface area contributed by atoms with Crippen LogP contribution < -0.4 is 5.32 Å². The number of hydrogen-bond donors (Lipinski definition) is 1. The molecule has 0 aliphatic carbocycles. The van der Waals surface area contributed by atoms with Crippen molar-refractivity contribution >= 4 is 39.0 Å². The van der Waals surface area contributed by atoms with E-state index in [-0.39, 0.29) is 11.8 Å². The molecule has 0 aliphatic rings. The number of aryl methyl sites for hydroxylation is 1. The van der Waals surface area contributed by atoms with Gasteiger partial charge in [0.1, 0.15) is 21.9 Å². The Morgan fingerprint density at radius 3 is 2.67 bits per heavy atom. The standard InChI is InChI=1S/C18H16F3N3O2S/c1-9(2)26-17(25)14-10(3)13-15(22-8-23-16(13)27-14)24-12-6-4-5-11(7-12)18(19,20)21/h4-9H,1-3H3,(H,22,23,24). The van der Waals surface area contributed by atoms with Crippen LogP contribution in [-0.4, -0.2) is 22.0 Å². The fourth-order valence-corrected chi connectivity index (χ4v) is 3.57.